The van der Waals surface area contributed by atoms with E-state index in [1.54, 1.807) is 6.92 Å². The second kappa shape index (κ2) is 3.16. The summed E-state index contributed by atoms with van der Waals surface area (Å²) in [5.74, 6) is 0.355. The van der Waals surface area contributed by atoms with Gasteiger partial charge >= 0.3 is 0 Å². The summed E-state index contributed by atoms with van der Waals surface area (Å²) < 4.78 is 0. The van der Waals surface area contributed by atoms with E-state index in [9.17, 15) is 4.79 Å². The summed E-state index contributed by atoms with van der Waals surface area (Å²) >= 11 is 0. The highest BCUT2D eigenvalue weighted by atomic mass is 28.3. The second-order valence-corrected chi connectivity index (χ2v) is 8.79. The van der Waals surface area contributed by atoms with E-state index in [1.165, 1.54) is 6.04 Å². The summed E-state index contributed by atoms with van der Waals surface area (Å²) in [5.41, 5.74) is 0. The van der Waals surface area contributed by atoms with Gasteiger partial charge in [0.15, 0.2) is 0 Å². The molecule has 0 fully saturated rings. The third-order valence-corrected chi connectivity index (χ3v) is 5.05. The van der Waals surface area contributed by atoms with Gasteiger partial charge in [-0.3, -0.25) is 0 Å². The molecule has 0 atom stereocenters. The van der Waals surface area contributed by atoms with Crippen LogP contribution >= 0.6 is 0 Å². The van der Waals surface area contributed by atoms with Gasteiger partial charge in [-0.1, -0.05) is 26.1 Å². The maximum Gasteiger partial charge on any atom is 0.127 e. The molecule has 0 amide bonds. The van der Waals surface area contributed by atoms with E-state index in [4.69, 9.17) is 0 Å². The molecule has 1 nitrogen and oxygen atoms in total. The van der Waals surface area contributed by atoms with Crippen molar-refractivity contribution in [2.24, 2.45) is 0 Å². The predicted octanol–water partition coefficient (Wildman–Crippen LogP) is 2.30. The van der Waals surface area contributed by atoms with Crippen LogP contribution in [-0.2, 0) is 4.79 Å². The Morgan fingerprint density at radius 2 is 1.89 bits per heavy atom. The smallest absolute Gasteiger partial charge is 0.127 e. The van der Waals surface area contributed by atoms with E-state index in [0.717, 1.165) is 6.04 Å². The van der Waals surface area contributed by atoms with Crippen molar-refractivity contribution in [1.82, 2.24) is 0 Å². The molecule has 0 radical (unpaired) electrons. The first-order valence-corrected chi connectivity index (χ1v) is 6.89. The lowest BCUT2D eigenvalue weighted by molar-refractivity contribution is -0.115. The summed E-state index contributed by atoms with van der Waals surface area (Å²) in [4.78, 5) is 10.7. The van der Waals surface area contributed by atoms with Gasteiger partial charge < -0.3 is 4.79 Å². The van der Waals surface area contributed by atoms with Gasteiger partial charge in [0.1, 0.15) is 5.78 Å². The van der Waals surface area contributed by atoms with Gasteiger partial charge in [-0.05, 0) is 6.92 Å². The van der Waals surface area contributed by atoms with Gasteiger partial charge in [-0.2, -0.15) is 0 Å². The molecule has 0 saturated heterocycles. The quantitative estimate of drug-likeness (QED) is 0.555. The Hall–Kier alpha value is -0.113. The minimum absolute atomic E-state index is 0.355. The molecule has 0 bridgehead atoms. The van der Waals surface area contributed by atoms with Crippen LogP contribution in [0.15, 0.2) is 0 Å². The van der Waals surface area contributed by atoms with Crippen molar-refractivity contribution < 1.29 is 4.79 Å². The zero-order chi connectivity index (χ0) is 7.49. The minimum atomic E-state index is -1.09. The van der Waals surface area contributed by atoms with Crippen molar-refractivity contribution in [2.45, 2.75) is 39.0 Å². The van der Waals surface area contributed by atoms with Gasteiger partial charge in [-0.15, -0.1) is 0 Å². The van der Waals surface area contributed by atoms with Crippen LogP contribution in [0.2, 0.25) is 25.2 Å². The lowest BCUT2D eigenvalue weighted by Gasteiger charge is -2.17. The van der Waals surface area contributed by atoms with Crippen molar-refractivity contribution in [2.75, 3.05) is 0 Å². The van der Waals surface area contributed by atoms with E-state index in [0.29, 0.717) is 5.78 Å². The van der Waals surface area contributed by atoms with Crippen molar-refractivity contribution in [1.29, 1.82) is 0 Å². The summed E-state index contributed by atoms with van der Waals surface area (Å²) in [6, 6.07) is 2.07. The van der Waals surface area contributed by atoms with Gasteiger partial charge in [0.2, 0.25) is 0 Å². The average Bonchev–Trinajstić information content (AvgIpc) is 1.63. The van der Waals surface area contributed by atoms with Gasteiger partial charge in [0.25, 0.3) is 0 Å². The summed E-state index contributed by atoms with van der Waals surface area (Å²) in [6.45, 7) is 8.38. The van der Waals surface area contributed by atoms with E-state index in [1.807, 2.05) is 0 Å². The SMILES string of the molecule is CC[Si](C)(C)CC(C)=O. The maximum absolute atomic E-state index is 10.7. The van der Waals surface area contributed by atoms with E-state index in [-0.39, 0.29) is 0 Å². The van der Waals surface area contributed by atoms with Crippen LogP contribution in [0.4, 0.5) is 0 Å². The van der Waals surface area contributed by atoms with Crippen LogP contribution in [0.25, 0.3) is 0 Å². The molecule has 54 valence electrons. The van der Waals surface area contributed by atoms with Crippen LogP contribution < -0.4 is 0 Å². The predicted molar refractivity (Wildman–Crippen MR) is 43.5 cm³/mol. The molecule has 2 heteroatoms. The number of Topliss-reactive ketones (excluding diaryl/α,β-unsaturated/α-hetero) is 1. The lowest BCUT2D eigenvalue weighted by Crippen LogP contribution is -2.26. The Balaban J connectivity index is 3.71. The van der Waals surface area contributed by atoms with Crippen LogP contribution in [0, 0.1) is 0 Å². The molecule has 0 spiro atoms. The highest BCUT2D eigenvalue weighted by Gasteiger charge is 2.19. The molecular weight excluding hydrogens is 128 g/mol. The summed E-state index contributed by atoms with van der Waals surface area (Å²) in [5, 5.41) is 0. The van der Waals surface area contributed by atoms with Crippen LogP contribution in [0.3, 0.4) is 0 Å². The molecule has 0 aromatic heterocycles. The fourth-order valence-corrected chi connectivity index (χ4v) is 2.40. The number of carbonyl (C=O) groups excluding carboxylic acids is 1. The molecule has 0 aromatic rings. The number of hydrogen-bond acceptors (Lipinski definition) is 1. The molecule has 0 aliphatic heterocycles. The molecule has 0 N–H and O–H groups in total. The van der Waals surface area contributed by atoms with Crippen LogP contribution in [0.1, 0.15) is 13.8 Å². The molecule has 0 heterocycles. The number of hydrogen-bond donors (Lipinski definition) is 0. The monoisotopic (exact) mass is 144 g/mol. The fourth-order valence-electron chi connectivity index (χ4n) is 0.799. The third-order valence-electron chi connectivity index (χ3n) is 1.68. The van der Waals surface area contributed by atoms with Crippen LogP contribution in [-0.4, -0.2) is 13.9 Å². The number of carbonyl (C=O) groups is 1. The van der Waals surface area contributed by atoms with Crippen molar-refractivity contribution in [3.63, 3.8) is 0 Å². The Kier molecular flexibility index (Phi) is 3.12. The van der Waals surface area contributed by atoms with Gasteiger partial charge in [-0.25, -0.2) is 0 Å². The van der Waals surface area contributed by atoms with Crippen molar-refractivity contribution in [3.8, 4) is 0 Å². The Labute approximate surface area is 58.5 Å². The zero-order valence-electron chi connectivity index (χ0n) is 6.82. The van der Waals surface area contributed by atoms with E-state index < -0.39 is 8.07 Å². The summed E-state index contributed by atoms with van der Waals surface area (Å²) in [6.07, 6.45) is 0. The van der Waals surface area contributed by atoms with Gasteiger partial charge in [0.05, 0.1) is 8.07 Å². The molecule has 0 aliphatic carbocycles. The molecule has 0 unspecified atom stereocenters. The molecule has 9 heavy (non-hydrogen) atoms. The highest BCUT2D eigenvalue weighted by molar-refractivity contribution is 6.79. The molecule has 0 saturated carbocycles. The first kappa shape index (κ1) is 8.89. The normalized spacial score (nSPS) is 11.6. The van der Waals surface area contributed by atoms with Crippen molar-refractivity contribution in [3.05, 3.63) is 0 Å². The minimum Gasteiger partial charge on any atom is -0.300 e. The van der Waals surface area contributed by atoms with Crippen LogP contribution in [0.5, 0.6) is 0 Å². The Bertz CT molecular complexity index is 107. The first-order chi connectivity index (χ1) is 3.98. The first-order valence-electron chi connectivity index (χ1n) is 3.47. The fraction of sp³-hybridized carbons (Fsp3) is 0.857. The molecular formula is C7H16OSi. The van der Waals surface area contributed by atoms with Crippen molar-refractivity contribution >= 4 is 13.9 Å². The highest BCUT2D eigenvalue weighted by Crippen LogP contribution is 2.13. The third kappa shape index (κ3) is 4.39. The molecule has 0 aliphatic rings. The van der Waals surface area contributed by atoms with E-state index >= 15 is 0 Å². The zero-order valence-corrected chi connectivity index (χ0v) is 7.82. The summed E-state index contributed by atoms with van der Waals surface area (Å²) in [7, 11) is -1.09. The largest absolute Gasteiger partial charge is 0.300 e. The average molecular weight is 144 g/mol. The lowest BCUT2D eigenvalue weighted by atomic mass is 10.5. The Morgan fingerprint density at radius 1 is 1.44 bits per heavy atom. The molecule has 0 aromatic carbocycles. The standard InChI is InChI=1S/C7H16OSi/c1-5-9(3,4)6-7(2)8/h5-6H2,1-4H3. The van der Waals surface area contributed by atoms with Gasteiger partial charge in [0, 0.05) is 6.04 Å². The number of rotatable bonds is 3. The maximum atomic E-state index is 10.7. The topological polar surface area (TPSA) is 17.1 Å². The number of ketones is 1. The Morgan fingerprint density at radius 3 is 2.00 bits per heavy atom. The molecule has 0 rings (SSSR count). The second-order valence-electron chi connectivity index (χ2n) is 3.40. The van der Waals surface area contributed by atoms with E-state index in [2.05, 4.69) is 20.0 Å².